The number of methoxy groups -OCH3 is 1. The zero-order valence-electron chi connectivity index (χ0n) is 21.8. The van der Waals surface area contributed by atoms with Crippen LogP contribution in [0, 0.1) is 5.82 Å². The van der Waals surface area contributed by atoms with Crippen LogP contribution in [0.1, 0.15) is 31.2 Å². The van der Waals surface area contributed by atoms with Crippen LogP contribution in [0.5, 0.6) is 17.2 Å². The van der Waals surface area contributed by atoms with Gasteiger partial charge in [-0.2, -0.15) is 0 Å². The SMILES string of the molecule is CCc1[nH]cc[n+]1CCCOc1ccc(CN2CCC(O)C(O)(COc3ccc(Cl)c(F)c3)C2)cc1OC. The highest BCUT2D eigenvalue weighted by atomic mass is 35.5. The maximum absolute atomic E-state index is 13.7. The number of rotatable bonds is 12. The maximum atomic E-state index is 13.7. The van der Waals surface area contributed by atoms with E-state index >= 15 is 0 Å². The Morgan fingerprint density at radius 3 is 2.82 bits per heavy atom. The number of nitrogens with one attached hydrogen (secondary N) is 1. The molecule has 1 saturated heterocycles. The van der Waals surface area contributed by atoms with Gasteiger partial charge in [0.2, 0.25) is 0 Å². The average molecular weight is 549 g/mol. The van der Waals surface area contributed by atoms with Crippen LogP contribution in [0.25, 0.3) is 0 Å². The van der Waals surface area contributed by atoms with Gasteiger partial charge >= 0.3 is 0 Å². The fourth-order valence-electron chi connectivity index (χ4n) is 4.71. The molecule has 206 valence electrons. The van der Waals surface area contributed by atoms with Crippen molar-refractivity contribution in [1.82, 2.24) is 9.88 Å². The first-order chi connectivity index (χ1) is 18.3. The molecule has 8 nitrogen and oxygen atoms in total. The first-order valence-corrected chi connectivity index (χ1v) is 13.2. The van der Waals surface area contributed by atoms with E-state index in [2.05, 4.69) is 16.5 Å². The summed E-state index contributed by atoms with van der Waals surface area (Å²) >= 11 is 5.72. The fourth-order valence-corrected chi connectivity index (χ4v) is 4.83. The number of imidazole rings is 1. The van der Waals surface area contributed by atoms with Gasteiger partial charge in [-0.05, 0) is 36.2 Å². The number of likely N-dealkylation sites (tertiary alicyclic amines) is 1. The summed E-state index contributed by atoms with van der Waals surface area (Å²) in [5, 5.41) is 21.7. The van der Waals surface area contributed by atoms with Gasteiger partial charge in [-0.3, -0.25) is 4.90 Å². The Morgan fingerprint density at radius 2 is 2.05 bits per heavy atom. The molecule has 2 aromatic carbocycles. The van der Waals surface area contributed by atoms with E-state index in [9.17, 15) is 14.6 Å². The van der Waals surface area contributed by atoms with Crippen molar-refractivity contribution in [2.75, 3.05) is 33.4 Å². The number of aliphatic hydroxyl groups is 2. The molecule has 1 aliphatic heterocycles. The Balaban J connectivity index is 1.32. The number of nitrogens with zero attached hydrogens (tertiary/aromatic N) is 2. The van der Waals surface area contributed by atoms with E-state index < -0.39 is 17.5 Å². The molecule has 3 aromatic rings. The highest BCUT2D eigenvalue weighted by Crippen LogP contribution is 2.30. The molecule has 0 amide bonds. The van der Waals surface area contributed by atoms with Crippen molar-refractivity contribution in [2.24, 2.45) is 0 Å². The van der Waals surface area contributed by atoms with E-state index in [1.165, 1.54) is 18.0 Å². The van der Waals surface area contributed by atoms with Crippen LogP contribution >= 0.6 is 11.6 Å². The maximum Gasteiger partial charge on any atom is 0.253 e. The van der Waals surface area contributed by atoms with E-state index in [1.54, 1.807) is 7.11 Å². The van der Waals surface area contributed by atoms with Crippen molar-refractivity contribution in [3.05, 3.63) is 71.0 Å². The number of halogens is 2. The van der Waals surface area contributed by atoms with Gasteiger partial charge in [-0.25, -0.2) is 13.9 Å². The van der Waals surface area contributed by atoms with Gasteiger partial charge < -0.3 is 24.4 Å². The summed E-state index contributed by atoms with van der Waals surface area (Å²) in [6, 6.07) is 9.89. The van der Waals surface area contributed by atoms with Gasteiger partial charge in [0.25, 0.3) is 5.82 Å². The largest absolute Gasteiger partial charge is 0.493 e. The van der Waals surface area contributed by atoms with Gasteiger partial charge in [0.05, 0.1) is 31.4 Å². The number of ether oxygens (including phenoxy) is 3. The molecule has 38 heavy (non-hydrogen) atoms. The average Bonchev–Trinajstić information content (AvgIpc) is 3.37. The van der Waals surface area contributed by atoms with Gasteiger partial charge in [0, 0.05) is 38.5 Å². The molecule has 4 rings (SSSR count). The highest BCUT2D eigenvalue weighted by Gasteiger charge is 2.42. The van der Waals surface area contributed by atoms with E-state index in [4.69, 9.17) is 25.8 Å². The van der Waals surface area contributed by atoms with Crippen LogP contribution in [0.4, 0.5) is 4.39 Å². The Labute approximate surface area is 227 Å². The second kappa shape index (κ2) is 12.8. The topological polar surface area (TPSA) is 91.1 Å². The molecule has 1 aromatic heterocycles. The number of aromatic nitrogens is 2. The molecule has 0 bridgehead atoms. The lowest BCUT2D eigenvalue weighted by molar-refractivity contribution is -0.703. The summed E-state index contributed by atoms with van der Waals surface area (Å²) in [5.41, 5.74) is -0.513. The van der Waals surface area contributed by atoms with Gasteiger partial charge in [-0.1, -0.05) is 24.6 Å². The zero-order chi connectivity index (χ0) is 27.1. The number of aryl methyl sites for hydroxylation is 2. The molecule has 2 heterocycles. The summed E-state index contributed by atoms with van der Waals surface area (Å²) in [5.74, 6) is 2.15. The normalized spacial score (nSPS) is 19.9. The molecule has 3 N–H and O–H groups in total. The van der Waals surface area contributed by atoms with Crippen LogP contribution in [-0.2, 0) is 19.5 Å². The molecule has 1 aliphatic rings. The minimum atomic E-state index is -1.50. The molecule has 0 spiro atoms. The summed E-state index contributed by atoms with van der Waals surface area (Å²) < 4.78 is 33.1. The van der Waals surface area contributed by atoms with Crippen molar-refractivity contribution >= 4 is 11.6 Å². The van der Waals surface area contributed by atoms with Crippen molar-refractivity contribution < 1.29 is 33.4 Å². The molecule has 0 radical (unpaired) electrons. The number of benzene rings is 2. The molecule has 2 atom stereocenters. The Hall–Kier alpha value is -2.85. The van der Waals surface area contributed by atoms with Crippen molar-refractivity contribution in [2.45, 2.75) is 51.0 Å². The van der Waals surface area contributed by atoms with Gasteiger partial charge in [0.15, 0.2) is 11.5 Å². The highest BCUT2D eigenvalue weighted by molar-refractivity contribution is 6.30. The summed E-state index contributed by atoms with van der Waals surface area (Å²) in [6.07, 6.45) is 5.22. The number of H-pyrrole nitrogens is 1. The molecule has 1 fully saturated rings. The molecule has 0 aliphatic carbocycles. The number of β-amino-alcohol motifs (C(OH)–C–C–N with tert-alkyl or cyclic N) is 1. The monoisotopic (exact) mass is 548 g/mol. The lowest BCUT2D eigenvalue weighted by Gasteiger charge is -2.42. The Kier molecular flexibility index (Phi) is 9.49. The van der Waals surface area contributed by atoms with Crippen molar-refractivity contribution in [3.63, 3.8) is 0 Å². The van der Waals surface area contributed by atoms with E-state index in [-0.39, 0.29) is 23.9 Å². The molecular formula is C28H36ClFN3O5+. The van der Waals surface area contributed by atoms with Crippen LogP contribution in [0.2, 0.25) is 5.02 Å². The zero-order valence-corrected chi connectivity index (χ0v) is 22.6. The van der Waals surface area contributed by atoms with Crippen LogP contribution in [-0.4, -0.2) is 65.2 Å². The predicted molar refractivity (Wildman–Crippen MR) is 141 cm³/mol. The van der Waals surface area contributed by atoms with Gasteiger partial charge in [-0.15, -0.1) is 0 Å². The van der Waals surface area contributed by atoms with E-state index in [1.807, 2.05) is 35.5 Å². The fraction of sp³-hybridized carbons (Fsp3) is 0.464. The third-order valence-electron chi connectivity index (χ3n) is 6.84. The van der Waals surface area contributed by atoms with Crippen molar-refractivity contribution in [1.29, 1.82) is 0 Å². The standard InChI is InChI=1S/C28H35ClFN3O5/c1-3-27-31-10-13-33(27)11-4-14-37-24-8-5-20(15-25(24)36-2)17-32-12-9-26(34)28(35,18-32)19-38-21-6-7-22(29)23(30)16-21/h5-8,10,13,15-16,26,34-35H,3-4,9,11-12,14,17-19H2,1-2H3/p+1. The third kappa shape index (κ3) is 6.96. The second-order valence-electron chi connectivity index (χ2n) is 9.62. The molecule has 0 saturated carbocycles. The first-order valence-electron chi connectivity index (χ1n) is 12.9. The number of aromatic amines is 1. The number of hydrogen-bond acceptors (Lipinski definition) is 6. The molecule has 2 unspecified atom stereocenters. The lowest BCUT2D eigenvalue weighted by Crippen LogP contribution is -2.59. The number of hydrogen-bond donors (Lipinski definition) is 3. The molecular weight excluding hydrogens is 513 g/mol. The lowest BCUT2D eigenvalue weighted by atomic mass is 9.90. The van der Waals surface area contributed by atoms with Gasteiger partial charge in [0.1, 0.15) is 36.2 Å². The minimum absolute atomic E-state index is 0.00643. The van der Waals surface area contributed by atoms with Crippen LogP contribution < -0.4 is 18.8 Å². The second-order valence-corrected chi connectivity index (χ2v) is 10.0. The number of aliphatic hydroxyl groups excluding tert-OH is 1. The summed E-state index contributed by atoms with van der Waals surface area (Å²) in [7, 11) is 1.61. The van der Waals surface area contributed by atoms with Crippen LogP contribution in [0.3, 0.4) is 0 Å². The first kappa shape index (κ1) is 28.2. The Morgan fingerprint density at radius 1 is 1.21 bits per heavy atom. The molecule has 10 heteroatoms. The van der Waals surface area contributed by atoms with Crippen molar-refractivity contribution in [3.8, 4) is 17.2 Å². The van der Waals surface area contributed by atoms with Crippen LogP contribution in [0.15, 0.2) is 48.8 Å². The van der Waals surface area contributed by atoms with E-state index in [0.29, 0.717) is 37.6 Å². The summed E-state index contributed by atoms with van der Waals surface area (Å²) in [4.78, 5) is 5.29. The quantitative estimate of drug-likeness (QED) is 0.237. The van der Waals surface area contributed by atoms with E-state index in [0.717, 1.165) is 31.0 Å². The third-order valence-corrected chi connectivity index (χ3v) is 7.14. The smallest absolute Gasteiger partial charge is 0.253 e. The number of piperidine rings is 1. The Bertz CT molecular complexity index is 1210. The minimum Gasteiger partial charge on any atom is -0.493 e. The predicted octanol–water partition coefficient (Wildman–Crippen LogP) is 3.51. The summed E-state index contributed by atoms with van der Waals surface area (Å²) in [6.45, 7) is 4.72.